The summed E-state index contributed by atoms with van der Waals surface area (Å²) in [5.74, 6) is -1.47. The van der Waals surface area contributed by atoms with Gasteiger partial charge < -0.3 is 9.84 Å². The number of methoxy groups -OCH3 is 1. The molecule has 0 saturated carbocycles. The van der Waals surface area contributed by atoms with Gasteiger partial charge in [-0.15, -0.1) is 0 Å². The van der Waals surface area contributed by atoms with Gasteiger partial charge in [0.1, 0.15) is 0 Å². The smallest absolute Gasteiger partial charge is 0.306 e. The van der Waals surface area contributed by atoms with Crippen molar-refractivity contribution in [2.45, 2.75) is 12.8 Å². The van der Waals surface area contributed by atoms with E-state index < -0.39 is 11.9 Å². The van der Waals surface area contributed by atoms with Crippen LogP contribution in [0, 0.1) is 0 Å². The molecule has 55 valence electrons. The SMILES string of the molecule is COC(=O)CCC(=O)O.[Y]. The molecule has 0 aromatic rings. The molecule has 0 aromatic carbocycles. The summed E-state index contributed by atoms with van der Waals surface area (Å²) in [5.41, 5.74) is 0. The zero-order valence-electron chi connectivity index (χ0n) is 5.66. The summed E-state index contributed by atoms with van der Waals surface area (Å²) < 4.78 is 4.20. The average Bonchev–Trinajstić information content (AvgIpc) is 1.83. The third-order valence-electron chi connectivity index (χ3n) is 0.771. The van der Waals surface area contributed by atoms with E-state index in [1.807, 2.05) is 0 Å². The van der Waals surface area contributed by atoms with Crippen LogP contribution in [0.4, 0.5) is 0 Å². The molecule has 0 atom stereocenters. The molecule has 0 unspecified atom stereocenters. The van der Waals surface area contributed by atoms with Crippen LogP contribution in [-0.2, 0) is 47.0 Å². The standard InChI is InChI=1S/C5H8O4.Y/c1-9-5(8)3-2-4(6)7;/h2-3H2,1H3,(H,6,7);. The molecule has 0 fully saturated rings. The second kappa shape index (κ2) is 7.15. The molecule has 0 spiro atoms. The normalized spacial score (nSPS) is 7.70. The number of esters is 1. The molecule has 0 aliphatic heterocycles. The molecule has 0 aliphatic rings. The largest absolute Gasteiger partial charge is 0.481 e. The topological polar surface area (TPSA) is 63.6 Å². The van der Waals surface area contributed by atoms with E-state index in [2.05, 4.69) is 4.74 Å². The molecule has 0 aliphatic carbocycles. The average molecular weight is 221 g/mol. The van der Waals surface area contributed by atoms with E-state index in [1.165, 1.54) is 7.11 Å². The predicted octanol–water partition coefficient (Wildman–Crippen LogP) is 0.0217. The maximum absolute atomic E-state index is 10.2. The van der Waals surface area contributed by atoms with Gasteiger partial charge >= 0.3 is 11.9 Å². The Labute approximate surface area is 83.8 Å². The zero-order valence-corrected chi connectivity index (χ0v) is 8.50. The van der Waals surface area contributed by atoms with Gasteiger partial charge in [0.05, 0.1) is 20.0 Å². The number of carboxylic acid groups (broad SMARTS) is 1. The van der Waals surface area contributed by atoms with Crippen LogP contribution < -0.4 is 0 Å². The molecule has 0 bridgehead atoms. The quantitative estimate of drug-likeness (QED) is 0.682. The first kappa shape index (κ1) is 12.7. The minimum Gasteiger partial charge on any atom is -0.481 e. The number of rotatable bonds is 3. The molecule has 4 nitrogen and oxygen atoms in total. The molecule has 0 amide bonds. The Morgan fingerprint density at radius 2 is 1.90 bits per heavy atom. The van der Waals surface area contributed by atoms with E-state index in [1.54, 1.807) is 0 Å². The van der Waals surface area contributed by atoms with Crippen molar-refractivity contribution < 1.29 is 52.1 Å². The van der Waals surface area contributed by atoms with Crippen molar-refractivity contribution in [2.75, 3.05) is 7.11 Å². The summed E-state index contributed by atoms with van der Waals surface area (Å²) in [7, 11) is 1.23. The van der Waals surface area contributed by atoms with Crippen LogP contribution in [0.1, 0.15) is 12.8 Å². The first-order valence-electron chi connectivity index (χ1n) is 2.45. The van der Waals surface area contributed by atoms with Gasteiger partial charge in [0.25, 0.3) is 0 Å². The number of carboxylic acids is 1. The minimum atomic E-state index is -0.986. The van der Waals surface area contributed by atoms with Gasteiger partial charge in [0, 0.05) is 32.7 Å². The monoisotopic (exact) mass is 221 g/mol. The van der Waals surface area contributed by atoms with Crippen molar-refractivity contribution in [3.05, 3.63) is 0 Å². The summed E-state index contributed by atoms with van der Waals surface area (Å²) >= 11 is 0. The van der Waals surface area contributed by atoms with Crippen LogP contribution in [0.5, 0.6) is 0 Å². The second-order valence-electron chi connectivity index (χ2n) is 1.47. The summed E-state index contributed by atoms with van der Waals surface area (Å²) in [6.45, 7) is 0. The molecular formula is C5H8O4Y. The third kappa shape index (κ3) is 8.04. The first-order valence-corrected chi connectivity index (χ1v) is 2.45. The molecular weight excluding hydrogens is 213 g/mol. The van der Waals surface area contributed by atoms with Crippen LogP contribution in [0.3, 0.4) is 0 Å². The fourth-order valence-corrected chi connectivity index (χ4v) is 0.311. The van der Waals surface area contributed by atoms with Crippen molar-refractivity contribution in [1.29, 1.82) is 0 Å². The molecule has 5 heteroatoms. The zero-order chi connectivity index (χ0) is 7.28. The molecule has 0 aromatic heterocycles. The summed E-state index contributed by atoms with van der Waals surface area (Å²) in [6.07, 6.45) is -0.210. The maximum atomic E-state index is 10.2. The Morgan fingerprint density at radius 3 is 2.20 bits per heavy atom. The Balaban J connectivity index is 0. The maximum Gasteiger partial charge on any atom is 0.306 e. The van der Waals surface area contributed by atoms with E-state index in [0.29, 0.717) is 0 Å². The van der Waals surface area contributed by atoms with Crippen molar-refractivity contribution in [1.82, 2.24) is 0 Å². The Bertz CT molecular complexity index is 123. The van der Waals surface area contributed by atoms with Crippen LogP contribution in [0.2, 0.25) is 0 Å². The van der Waals surface area contributed by atoms with Crippen molar-refractivity contribution in [3.63, 3.8) is 0 Å². The predicted molar refractivity (Wildman–Crippen MR) is 28.9 cm³/mol. The Kier molecular flexibility index (Phi) is 9.08. The van der Waals surface area contributed by atoms with E-state index in [-0.39, 0.29) is 45.6 Å². The number of ether oxygens (including phenoxy) is 1. The fraction of sp³-hybridized carbons (Fsp3) is 0.600. The summed E-state index contributed by atoms with van der Waals surface area (Å²) in [5, 5.41) is 8.05. The summed E-state index contributed by atoms with van der Waals surface area (Å²) in [4.78, 5) is 20.0. The molecule has 0 saturated heterocycles. The number of aliphatic carboxylic acids is 1. The van der Waals surface area contributed by atoms with E-state index in [4.69, 9.17) is 5.11 Å². The van der Waals surface area contributed by atoms with Gasteiger partial charge in [-0.05, 0) is 0 Å². The van der Waals surface area contributed by atoms with Crippen molar-refractivity contribution >= 4 is 11.9 Å². The van der Waals surface area contributed by atoms with Crippen LogP contribution in [-0.4, -0.2) is 24.2 Å². The van der Waals surface area contributed by atoms with Gasteiger partial charge in [-0.2, -0.15) is 0 Å². The van der Waals surface area contributed by atoms with E-state index in [9.17, 15) is 9.59 Å². The molecule has 10 heavy (non-hydrogen) atoms. The fourth-order valence-electron chi connectivity index (χ4n) is 0.311. The molecule has 0 heterocycles. The first-order chi connectivity index (χ1) is 4.16. The Morgan fingerprint density at radius 1 is 1.40 bits per heavy atom. The summed E-state index contributed by atoms with van der Waals surface area (Å²) in [6, 6.07) is 0. The van der Waals surface area contributed by atoms with Gasteiger partial charge in [0.2, 0.25) is 0 Å². The third-order valence-corrected chi connectivity index (χ3v) is 0.771. The number of carbonyl (C=O) groups is 2. The number of carbonyl (C=O) groups excluding carboxylic acids is 1. The van der Waals surface area contributed by atoms with Crippen LogP contribution >= 0.6 is 0 Å². The van der Waals surface area contributed by atoms with Gasteiger partial charge in [0.15, 0.2) is 0 Å². The minimum absolute atomic E-state index is 0. The second-order valence-corrected chi connectivity index (χ2v) is 1.47. The van der Waals surface area contributed by atoms with Crippen LogP contribution in [0.25, 0.3) is 0 Å². The van der Waals surface area contributed by atoms with E-state index >= 15 is 0 Å². The molecule has 0 rings (SSSR count). The van der Waals surface area contributed by atoms with Crippen molar-refractivity contribution in [2.24, 2.45) is 0 Å². The van der Waals surface area contributed by atoms with Gasteiger partial charge in [-0.1, -0.05) is 0 Å². The molecule has 1 radical (unpaired) electrons. The Hall–Kier alpha value is 0.0439. The molecule has 1 N–H and O–H groups in total. The van der Waals surface area contributed by atoms with Gasteiger partial charge in [-0.25, -0.2) is 0 Å². The number of hydrogen-bond donors (Lipinski definition) is 1. The van der Waals surface area contributed by atoms with Crippen LogP contribution in [0.15, 0.2) is 0 Å². The van der Waals surface area contributed by atoms with Gasteiger partial charge in [-0.3, -0.25) is 9.59 Å². The van der Waals surface area contributed by atoms with Crippen molar-refractivity contribution in [3.8, 4) is 0 Å². The number of hydrogen-bond acceptors (Lipinski definition) is 3. The van der Waals surface area contributed by atoms with E-state index in [0.717, 1.165) is 0 Å².